The van der Waals surface area contributed by atoms with Crippen molar-refractivity contribution in [2.45, 2.75) is 18.9 Å². The number of halogens is 1. The monoisotopic (exact) mass is 455 g/mol. The van der Waals surface area contributed by atoms with Gasteiger partial charge < -0.3 is 5.32 Å². The molecular weight excluding hydrogens is 433 g/mol. The second-order valence-corrected chi connectivity index (χ2v) is 8.28. The summed E-state index contributed by atoms with van der Waals surface area (Å²) in [6, 6.07) is 22.7. The third-order valence-electron chi connectivity index (χ3n) is 5.71. The Hall–Kier alpha value is -3.71. The summed E-state index contributed by atoms with van der Waals surface area (Å²) in [5, 5.41) is 10.6. The minimum atomic E-state index is -0.267. The van der Waals surface area contributed by atoms with Gasteiger partial charge in [0.05, 0.1) is 22.8 Å². The number of nitrogens with zero attached hydrogens (tertiary/aromatic N) is 4. The number of benzene rings is 3. The van der Waals surface area contributed by atoms with E-state index < -0.39 is 0 Å². The minimum Gasteiger partial charge on any atom is -0.361 e. The van der Waals surface area contributed by atoms with Crippen molar-refractivity contribution in [1.29, 1.82) is 0 Å². The van der Waals surface area contributed by atoms with Crippen LogP contribution in [0.15, 0.2) is 90.3 Å². The van der Waals surface area contributed by atoms with Crippen LogP contribution in [0.25, 0.3) is 11.0 Å². The third kappa shape index (κ3) is 4.73. The minimum absolute atomic E-state index is 0.0896. The summed E-state index contributed by atoms with van der Waals surface area (Å²) in [5.74, 6) is -0.267. The molecule has 164 valence electrons. The molecule has 0 spiro atoms. The van der Waals surface area contributed by atoms with Gasteiger partial charge in [0.15, 0.2) is 5.11 Å². The maximum atomic E-state index is 13.5. The van der Waals surface area contributed by atoms with E-state index in [1.165, 1.54) is 17.7 Å². The van der Waals surface area contributed by atoms with Crippen molar-refractivity contribution >= 4 is 34.1 Å². The van der Waals surface area contributed by atoms with Gasteiger partial charge in [-0.3, -0.25) is 9.97 Å². The maximum Gasteiger partial charge on any atom is 0.190 e. The van der Waals surface area contributed by atoms with Gasteiger partial charge in [-0.1, -0.05) is 48.5 Å². The van der Waals surface area contributed by atoms with Gasteiger partial charge in [0, 0.05) is 25.4 Å². The molecule has 0 aliphatic carbocycles. The van der Waals surface area contributed by atoms with E-state index >= 15 is 0 Å². The predicted molar refractivity (Wildman–Crippen MR) is 132 cm³/mol. The first-order chi connectivity index (χ1) is 16.2. The van der Waals surface area contributed by atoms with E-state index in [2.05, 4.69) is 27.4 Å². The summed E-state index contributed by atoms with van der Waals surface area (Å²) in [7, 11) is 0. The van der Waals surface area contributed by atoms with Crippen LogP contribution in [0.2, 0.25) is 0 Å². The molecule has 0 radical (unpaired) electrons. The number of hydrazone groups is 1. The largest absolute Gasteiger partial charge is 0.361 e. The first-order valence-corrected chi connectivity index (χ1v) is 11.2. The van der Waals surface area contributed by atoms with Crippen molar-refractivity contribution in [2.24, 2.45) is 5.10 Å². The molecule has 7 heteroatoms. The van der Waals surface area contributed by atoms with Crippen LogP contribution in [-0.2, 0) is 6.42 Å². The average molecular weight is 456 g/mol. The van der Waals surface area contributed by atoms with E-state index in [1.807, 2.05) is 41.4 Å². The molecule has 1 unspecified atom stereocenters. The fraction of sp³-hybridized carbons (Fsp3) is 0.154. The van der Waals surface area contributed by atoms with Gasteiger partial charge in [-0.2, -0.15) is 5.10 Å². The summed E-state index contributed by atoms with van der Waals surface area (Å²) in [4.78, 5) is 8.81. The van der Waals surface area contributed by atoms with Gasteiger partial charge in [-0.25, -0.2) is 9.40 Å². The van der Waals surface area contributed by atoms with E-state index in [0.717, 1.165) is 34.3 Å². The Morgan fingerprint density at radius 3 is 2.52 bits per heavy atom. The molecule has 33 heavy (non-hydrogen) atoms. The SMILES string of the molecule is Fc1ccc(C2=NN(C(=S)NCCc3ccccc3)C(c3ccc4nccnc4c3)C2)cc1. The van der Waals surface area contributed by atoms with Crippen LogP contribution in [0.4, 0.5) is 4.39 Å². The highest BCUT2D eigenvalue weighted by Gasteiger charge is 2.31. The maximum absolute atomic E-state index is 13.5. The number of hydrogen-bond acceptors (Lipinski definition) is 4. The van der Waals surface area contributed by atoms with Gasteiger partial charge in [0.1, 0.15) is 5.82 Å². The molecule has 3 aromatic carbocycles. The molecule has 2 heterocycles. The topological polar surface area (TPSA) is 53.4 Å². The van der Waals surface area contributed by atoms with E-state index in [4.69, 9.17) is 17.3 Å². The summed E-state index contributed by atoms with van der Waals surface area (Å²) in [6.45, 7) is 0.705. The molecule has 1 aromatic heterocycles. The van der Waals surface area contributed by atoms with Crippen molar-refractivity contribution in [2.75, 3.05) is 6.54 Å². The number of thiocarbonyl (C=S) groups is 1. The normalized spacial score (nSPS) is 15.5. The third-order valence-corrected chi connectivity index (χ3v) is 6.04. The number of rotatable bonds is 5. The lowest BCUT2D eigenvalue weighted by atomic mass is 9.98. The Bertz CT molecular complexity index is 1310. The Balaban J connectivity index is 1.40. The van der Waals surface area contributed by atoms with Crippen LogP contribution in [0, 0.1) is 5.82 Å². The first-order valence-electron chi connectivity index (χ1n) is 10.8. The Morgan fingerprint density at radius 1 is 0.970 bits per heavy atom. The fourth-order valence-electron chi connectivity index (χ4n) is 4.00. The van der Waals surface area contributed by atoms with Crippen LogP contribution in [0.5, 0.6) is 0 Å². The lowest BCUT2D eigenvalue weighted by Gasteiger charge is -2.25. The molecule has 0 saturated carbocycles. The number of hydrogen-bond donors (Lipinski definition) is 1. The molecule has 5 rings (SSSR count). The second kappa shape index (κ2) is 9.42. The van der Waals surface area contributed by atoms with E-state index in [-0.39, 0.29) is 11.9 Å². The quantitative estimate of drug-likeness (QED) is 0.428. The van der Waals surface area contributed by atoms with Crippen molar-refractivity contribution in [3.63, 3.8) is 0 Å². The van der Waals surface area contributed by atoms with Gasteiger partial charge >= 0.3 is 0 Å². The molecule has 1 aliphatic rings. The summed E-state index contributed by atoms with van der Waals surface area (Å²) in [5.41, 5.74) is 5.72. The van der Waals surface area contributed by atoms with Crippen LogP contribution < -0.4 is 5.32 Å². The summed E-state index contributed by atoms with van der Waals surface area (Å²) in [6.07, 6.45) is 4.89. The van der Waals surface area contributed by atoms with Crippen molar-refractivity contribution in [1.82, 2.24) is 20.3 Å². The Morgan fingerprint density at radius 2 is 1.73 bits per heavy atom. The van der Waals surface area contributed by atoms with Gasteiger partial charge in [0.25, 0.3) is 0 Å². The molecule has 4 aromatic rings. The second-order valence-electron chi connectivity index (χ2n) is 7.89. The molecule has 0 fully saturated rings. The summed E-state index contributed by atoms with van der Waals surface area (Å²) < 4.78 is 13.5. The molecule has 5 nitrogen and oxygen atoms in total. The predicted octanol–water partition coefficient (Wildman–Crippen LogP) is 5.04. The molecule has 0 saturated heterocycles. The molecule has 1 N–H and O–H groups in total. The number of nitrogens with one attached hydrogen (secondary N) is 1. The summed E-state index contributed by atoms with van der Waals surface area (Å²) >= 11 is 5.75. The lowest BCUT2D eigenvalue weighted by Crippen LogP contribution is -2.37. The van der Waals surface area contributed by atoms with E-state index in [0.29, 0.717) is 18.1 Å². The number of fused-ring (bicyclic) bond motifs is 1. The molecular formula is C26H22FN5S. The zero-order valence-corrected chi connectivity index (χ0v) is 18.7. The Kier molecular flexibility index (Phi) is 6.04. The standard InChI is InChI=1S/C26H22FN5S/c27-21-9-6-19(7-10-21)23-17-25(20-8-11-22-24(16-20)29-15-14-28-22)32(31-23)26(33)30-13-12-18-4-2-1-3-5-18/h1-11,14-16,25H,12-13,17H2,(H,30,33). The fourth-order valence-corrected chi connectivity index (χ4v) is 4.27. The van der Waals surface area contributed by atoms with Crippen LogP contribution in [-0.4, -0.2) is 32.3 Å². The van der Waals surface area contributed by atoms with E-state index in [9.17, 15) is 4.39 Å². The van der Waals surface area contributed by atoms with Crippen molar-refractivity contribution in [3.05, 3.63) is 108 Å². The zero-order valence-electron chi connectivity index (χ0n) is 17.9. The van der Waals surface area contributed by atoms with Crippen LogP contribution in [0.3, 0.4) is 0 Å². The molecule has 1 aliphatic heterocycles. The number of aromatic nitrogens is 2. The van der Waals surface area contributed by atoms with E-state index in [1.54, 1.807) is 24.5 Å². The van der Waals surface area contributed by atoms with Crippen molar-refractivity contribution in [3.8, 4) is 0 Å². The van der Waals surface area contributed by atoms with Gasteiger partial charge in [0.2, 0.25) is 0 Å². The molecule has 1 atom stereocenters. The van der Waals surface area contributed by atoms with Crippen LogP contribution >= 0.6 is 12.2 Å². The molecule has 0 amide bonds. The van der Waals surface area contributed by atoms with Crippen molar-refractivity contribution < 1.29 is 4.39 Å². The zero-order chi connectivity index (χ0) is 22.6. The van der Waals surface area contributed by atoms with Gasteiger partial charge in [-0.15, -0.1) is 0 Å². The smallest absolute Gasteiger partial charge is 0.190 e. The highest BCUT2D eigenvalue weighted by molar-refractivity contribution is 7.80. The van der Waals surface area contributed by atoms with Crippen LogP contribution in [0.1, 0.15) is 29.2 Å². The highest BCUT2D eigenvalue weighted by atomic mass is 32.1. The Labute approximate surface area is 197 Å². The van der Waals surface area contributed by atoms with Gasteiger partial charge in [-0.05, 0) is 59.6 Å². The first kappa shape index (κ1) is 21.2. The average Bonchev–Trinajstić information content (AvgIpc) is 3.30. The molecule has 0 bridgehead atoms. The lowest BCUT2D eigenvalue weighted by molar-refractivity contribution is 0.364. The highest BCUT2D eigenvalue weighted by Crippen LogP contribution is 2.33.